The molecule has 98 valence electrons. The highest BCUT2D eigenvalue weighted by atomic mass is 32.1. The van der Waals surface area contributed by atoms with Crippen LogP contribution in [0.4, 0.5) is 0 Å². The minimum Gasteiger partial charge on any atom is -0.462 e. The summed E-state index contributed by atoms with van der Waals surface area (Å²) >= 11 is 1.67. The van der Waals surface area contributed by atoms with Gasteiger partial charge in [0.05, 0.1) is 24.4 Å². The van der Waals surface area contributed by atoms with E-state index in [4.69, 9.17) is 14.9 Å². The maximum Gasteiger partial charge on any atom is 0.130 e. The SMILES string of the molecule is Cc1cc(COCCc2scnc2C)oc1CN. The Morgan fingerprint density at radius 2 is 2.28 bits per heavy atom. The third-order valence-electron chi connectivity index (χ3n) is 2.82. The van der Waals surface area contributed by atoms with Gasteiger partial charge in [-0.2, -0.15) is 0 Å². The highest BCUT2D eigenvalue weighted by molar-refractivity contribution is 7.09. The van der Waals surface area contributed by atoms with E-state index in [0.717, 1.165) is 29.2 Å². The monoisotopic (exact) mass is 266 g/mol. The number of ether oxygens (including phenoxy) is 1. The Morgan fingerprint density at radius 3 is 2.89 bits per heavy atom. The van der Waals surface area contributed by atoms with Crippen LogP contribution in [0.5, 0.6) is 0 Å². The first-order chi connectivity index (χ1) is 8.70. The predicted molar refractivity (Wildman–Crippen MR) is 71.5 cm³/mol. The van der Waals surface area contributed by atoms with Crippen molar-refractivity contribution < 1.29 is 9.15 Å². The van der Waals surface area contributed by atoms with Crippen molar-refractivity contribution in [1.82, 2.24) is 4.98 Å². The molecule has 0 saturated carbocycles. The van der Waals surface area contributed by atoms with Crippen LogP contribution in [0, 0.1) is 13.8 Å². The smallest absolute Gasteiger partial charge is 0.130 e. The van der Waals surface area contributed by atoms with Gasteiger partial charge in [-0.1, -0.05) is 0 Å². The molecule has 2 rings (SSSR count). The summed E-state index contributed by atoms with van der Waals surface area (Å²) in [5.74, 6) is 1.68. The quantitative estimate of drug-likeness (QED) is 0.816. The molecule has 18 heavy (non-hydrogen) atoms. The van der Waals surface area contributed by atoms with Crippen LogP contribution in [0.1, 0.15) is 27.7 Å². The van der Waals surface area contributed by atoms with Crippen molar-refractivity contribution in [3.05, 3.63) is 39.2 Å². The van der Waals surface area contributed by atoms with Crippen LogP contribution >= 0.6 is 11.3 Å². The fraction of sp³-hybridized carbons (Fsp3) is 0.462. The van der Waals surface area contributed by atoms with E-state index < -0.39 is 0 Å². The van der Waals surface area contributed by atoms with Gasteiger partial charge in [0.25, 0.3) is 0 Å². The predicted octanol–water partition coefficient (Wildman–Crippen LogP) is 2.57. The molecule has 0 fully saturated rings. The molecule has 2 heterocycles. The zero-order valence-corrected chi connectivity index (χ0v) is 11.5. The molecule has 2 N–H and O–H groups in total. The van der Waals surface area contributed by atoms with E-state index >= 15 is 0 Å². The molecule has 0 unspecified atom stereocenters. The molecule has 0 radical (unpaired) electrons. The number of hydrogen-bond donors (Lipinski definition) is 1. The summed E-state index contributed by atoms with van der Waals surface area (Å²) in [5.41, 5.74) is 9.62. The van der Waals surface area contributed by atoms with Crippen LogP contribution in [0.25, 0.3) is 0 Å². The largest absolute Gasteiger partial charge is 0.462 e. The lowest BCUT2D eigenvalue weighted by Gasteiger charge is -2.01. The summed E-state index contributed by atoms with van der Waals surface area (Å²) in [4.78, 5) is 5.50. The van der Waals surface area contributed by atoms with E-state index in [1.165, 1.54) is 4.88 Å². The van der Waals surface area contributed by atoms with Gasteiger partial charge >= 0.3 is 0 Å². The van der Waals surface area contributed by atoms with Crippen LogP contribution in [-0.4, -0.2) is 11.6 Å². The van der Waals surface area contributed by atoms with Gasteiger partial charge < -0.3 is 14.9 Å². The Balaban J connectivity index is 1.76. The van der Waals surface area contributed by atoms with Crippen molar-refractivity contribution in [2.45, 2.75) is 33.4 Å². The van der Waals surface area contributed by atoms with Crippen molar-refractivity contribution in [2.75, 3.05) is 6.61 Å². The summed E-state index contributed by atoms with van der Waals surface area (Å²) in [5, 5.41) is 0. The van der Waals surface area contributed by atoms with Gasteiger partial charge in [-0.05, 0) is 25.5 Å². The second-order valence-corrected chi connectivity index (χ2v) is 5.13. The van der Waals surface area contributed by atoms with E-state index in [9.17, 15) is 0 Å². The third-order valence-corrected chi connectivity index (χ3v) is 3.81. The fourth-order valence-electron chi connectivity index (χ4n) is 1.77. The van der Waals surface area contributed by atoms with E-state index in [0.29, 0.717) is 19.8 Å². The second kappa shape index (κ2) is 6.13. The average molecular weight is 266 g/mol. The maximum atomic E-state index is 5.61. The third kappa shape index (κ3) is 3.19. The van der Waals surface area contributed by atoms with E-state index in [2.05, 4.69) is 4.98 Å². The van der Waals surface area contributed by atoms with Gasteiger partial charge in [0.2, 0.25) is 0 Å². The molecule has 0 saturated heterocycles. The van der Waals surface area contributed by atoms with Gasteiger partial charge in [-0.3, -0.25) is 0 Å². The van der Waals surface area contributed by atoms with E-state index in [1.807, 2.05) is 25.4 Å². The molecule has 0 aliphatic carbocycles. The number of thiazole rings is 1. The number of rotatable bonds is 6. The Kier molecular flexibility index (Phi) is 4.52. The first-order valence-electron chi connectivity index (χ1n) is 5.95. The molecule has 0 atom stereocenters. The minimum atomic E-state index is 0.436. The number of furan rings is 1. The van der Waals surface area contributed by atoms with Gasteiger partial charge in [-0.15, -0.1) is 11.3 Å². The summed E-state index contributed by atoms with van der Waals surface area (Å²) in [6.45, 7) is 5.64. The molecule has 0 aromatic carbocycles. The number of nitrogens with two attached hydrogens (primary N) is 1. The minimum absolute atomic E-state index is 0.436. The van der Waals surface area contributed by atoms with Crippen LogP contribution in [0.3, 0.4) is 0 Å². The molecule has 0 spiro atoms. The Hall–Kier alpha value is -1.17. The summed E-state index contributed by atoms with van der Waals surface area (Å²) in [7, 11) is 0. The molecule has 5 heteroatoms. The number of hydrogen-bond acceptors (Lipinski definition) is 5. The van der Waals surface area contributed by atoms with Crippen LogP contribution in [0.15, 0.2) is 16.0 Å². The van der Waals surface area contributed by atoms with Crippen molar-refractivity contribution in [3.8, 4) is 0 Å². The lowest BCUT2D eigenvalue weighted by Crippen LogP contribution is -1.98. The van der Waals surface area contributed by atoms with Crippen LogP contribution in [0.2, 0.25) is 0 Å². The first-order valence-corrected chi connectivity index (χ1v) is 6.83. The first kappa shape index (κ1) is 13.3. The molecular formula is C13H18N2O2S. The lowest BCUT2D eigenvalue weighted by molar-refractivity contribution is 0.108. The summed E-state index contributed by atoms with van der Waals surface area (Å²) < 4.78 is 11.2. The molecule has 0 aliphatic rings. The van der Waals surface area contributed by atoms with Crippen molar-refractivity contribution in [3.63, 3.8) is 0 Å². The van der Waals surface area contributed by atoms with Crippen molar-refractivity contribution in [1.29, 1.82) is 0 Å². The zero-order valence-electron chi connectivity index (χ0n) is 10.7. The standard InChI is InChI=1S/C13H18N2O2S/c1-9-5-11(17-12(9)6-14)7-16-4-3-13-10(2)15-8-18-13/h5,8H,3-4,6-7,14H2,1-2H3. The molecule has 2 aromatic rings. The summed E-state index contributed by atoms with van der Waals surface area (Å²) in [6, 6.07) is 1.99. The molecule has 2 aromatic heterocycles. The van der Waals surface area contributed by atoms with Gasteiger partial charge in [-0.25, -0.2) is 4.98 Å². The molecule has 0 bridgehead atoms. The Morgan fingerprint density at radius 1 is 1.44 bits per heavy atom. The second-order valence-electron chi connectivity index (χ2n) is 4.19. The van der Waals surface area contributed by atoms with E-state index in [-0.39, 0.29) is 0 Å². The van der Waals surface area contributed by atoms with Gasteiger partial charge in [0.15, 0.2) is 0 Å². The zero-order chi connectivity index (χ0) is 13.0. The highest BCUT2D eigenvalue weighted by Gasteiger charge is 2.06. The van der Waals surface area contributed by atoms with Gasteiger partial charge in [0.1, 0.15) is 18.1 Å². The van der Waals surface area contributed by atoms with Crippen LogP contribution in [-0.2, 0) is 24.3 Å². The lowest BCUT2D eigenvalue weighted by atomic mass is 10.3. The van der Waals surface area contributed by atoms with Crippen molar-refractivity contribution in [2.24, 2.45) is 5.73 Å². The summed E-state index contributed by atoms with van der Waals surface area (Å²) in [6.07, 6.45) is 0.903. The van der Waals surface area contributed by atoms with Crippen molar-refractivity contribution >= 4 is 11.3 Å². The highest BCUT2D eigenvalue weighted by Crippen LogP contribution is 2.16. The average Bonchev–Trinajstić information content (AvgIpc) is 2.91. The normalized spacial score (nSPS) is 11.1. The molecule has 0 aliphatic heterocycles. The number of aryl methyl sites for hydroxylation is 2. The molecular weight excluding hydrogens is 248 g/mol. The maximum absolute atomic E-state index is 5.61. The topological polar surface area (TPSA) is 61.3 Å². The Bertz CT molecular complexity index is 505. The Labute approximate surface area is 111 Å². The number of aromatic nitrogens is 1. The van der Waals surface area contributed by atoms with E-state index in [1.54, 1.807) is 11.3 Å². The molecule has 0 amide bonds. The molecule has 4 nitrogen and oxygen atoms in total. The fourth-order valence-corrected chi connectivity index (χ4v) is 2.53. The van der Waals surface area contributed by atoms with Crippen LogP contribution < -0.4 is 5.73 Å². The van der Waals surface area contributed by atoms with Gasteiger partial charge in [0, 0.05) is 11.3 Å². The number of nitrogens with zero attached hydrogens (tertiary/aromatic N) is 1.